The summed E-state index contributed by atoms with van der Waals surface area (Å²) in [6.45, 7) is 1.35. The highest BCUT2D eigenvalue weighted by molar-refractivity contribution is 7.99. The quantitative estimate of drug-likeness (QED) is 0.819. The van der Waals surface area contributed by atoms with Crippen LogP contribution in [0.25, 0.3) is 0 Å². The van der Waals surface area contributed by atoms with Crippen LogP contribution in [-0.4, -0.2) is 35.2 Å². The van der Waals surface area contributed by atoms with Gasteiger partial charge in [-0.3, -0.25) is 4.79 Å². The van der Waals surface area contributed by atoms with Gasteiger partial charge in [-0.05, 0) is 31.4 Å². The minimum atomic E-state index is -4.83. The normalized spacial score (nSPS) is 14.6. The number of aliphatic hydroxyl groups is 1. The first-order chi connectivity index (χ1) is 9.70. The molecule has 0 fully saturated rings. The van der Waals surface area contributed by atoms with Gasteiger partial charge in [-0.15, -0.1) is 0 Å². The summed E-state index contributed by atoms with van der Waals surface area (Å²) in [5.41, 5.74) is -1.97. The number of aliphatic hydroxyl groups excluding tert-OH is 1. The molecule has 0 heterocycles. The Morgan fingerprint density at radius 2 is 2.05 bits per heavy atom. The Balaban J connectivity index is 3.03. The summed E-state index contributed by atoms with van der Waals surface area (Å²) in [5.74, 6) is -2.02. The molecule has 8 heteroatoms. The molecular formula is C13H15F4NO2S. The Labute approximate surface area is 123 Å². The lowest BCUT2D eigenvalue weighted by atomic mass is 10.1. The lowest BCUT2D eigenvalue weighted by Gasteiger charge is -2.22. The van der Waals surface area contributed by atoms with Crippen LogP contribution in [0.1, 0.15) is 22.8 Å². The SMILES string of the molecule is CSC(CO)C(C)NC(=O)c1ccc(F)cc1C(F)(F)F. The van der Waals surface area contributed by atoms with Crippen molar-refractivity contribution in [3.05, 3.63) is 35.1 Å². The van der Waals surface area contributed by atoms with Crippen molar-refractivity contribution in [2.45, 2.75) is 24.4 Å². The molecule has 2 unspecified atom stereocenters. The van der Waals surface area contributed by atoms with Gasteiger partial charge >= 0.3 is 6.18 Å². The van der Waals surface area contributed by atoms with Crippen LogP contribution in [-0.2, 0) is 6.18 Å². The molecule has 3 nitrogen and oxygen atoms in total. The smallest absolute Gasteiger partial charge is 0.395 e. The second kappa shape index (κ2) is 7.13. The molecule has 118 valence electrons. The van der Waals surface area contributed by atoms with Crippen LogP contribution in [0.15, 0.2) is 18.2 Å². The fourth-order valence-corrected chi connectivity index (χ4v) is 2.39. The summed E-state index contributed by atoms with van der Waals surface area (Å²) in [5, 5.41) is 11.1. The van der Waals surface area contributed by atoms with Crippen molar-refractivity contribution in [3.63, 3.8) is 0 Å². The highest BCUT2D eigenvalue weighted by atomic mass is 32.2. The molecular weight excluding hydrogens is 310 g/mol. The van der Waals surface area contributed by atoms with Crippen LogP contribution in [0.3, 0.4) is 0 Å². The predicted molar refractivity (Wildman–Crippen MR) is 72.7 cm³/mol. The third kappa shape index (κ3) is 4.60. The van der Waals surface area contributed by atoms with Crippen LogP contribution >= 0.6 is 11.8 Å². The van der Waals surface area contributed by atoms with Gasteiger partial charge in [0.05, 0.1) is 17.7 Å². The first-order valence-electron chi connectivity index (χ1n) is 6.02. The maximum absolute atomic E-state index is 13.0. The maximum atomic E-state index is 13.0. The molecule has 0 saturated carbocycles. The number of thioether (sulfide) groups is 1. The lowest BCUT2D eigenvalue weighted by Crippen LogP contribution is -2.41. The zero-order chi connectivity index (χ0) is 16.2. The Morgan fingerprint density at radius 3 is 2.52 bits per heavy atom. The Hall–Kier alpha value is -1.28. The molecule has 1 amide bonds. The van der Waals surface area contributed by atoms with E-state index in [4.69, 9.17) is 5.11 Å². The number of hydrogen-bond acceptors (Lipinski definition) is 3. The third-order valence-electron chi connectivity index (χ3n) is 2.93. The van der Waals surface area contributed by atoms with E-state index < -0.39 is 35.1 Å². The number of rotatable bonds is 5. The minimum absolute atomic E-state index is 0.224. The predicted octanol–water partition coefficient (Wildman–Crippen LogP) is 2.69. The Kier molecular flexibility index (Phi) is 6.03. The van der Waals surface area contributed by atoms with Gasteiger partial charge in [0.1, 0.15) is 5.82 Å². The van der Waals surface area contributed by atoms with Crippen molar-refractivity contribution in [2.24, 2.45) is 0 Å². The van der Waals surface area contributed by atoms with Crippen molar-refractivity contribution in [3.8, 4) is 0 Å². The lowest BCUT2D eigenvalue weighted by molar-refractivity contribution is -0.138. The Bertz CT molecular complexity index is 503. The molecule has 0 aliphatic heterocycles. The summed E-state index contributed by atoms with van der Waals surface area (Å²) < 4.78 is 51.5. The molecule has 0 spiro atoms. The number of halogens is 4. The summed E-state index contributed by atoms with van der Waals surface area (Å²) in [7, 11) is 0. The molecule has 2 atom stereocenters. The van der Waals surface area contributed by atoms with Crippen LogP contribution in [0.2, 0.25) is 0 Å². The van der Waals surface area contributed by atoms with E-state index >= 15 is 0 Å². The standard InChI is InChI=1S/C13H15F4NO2S/c1-7(11(6-19)21-2)18-12(20)9-4-3-8(14)5-10(9)13(15,16)17/h3-5,7,11,19H,6H2,1-2H3,(H,18,20). The molecule has 0 aliphatic rings. The van der Waals surface area contributed by atoms with Crippen LogP contribution in [0.4, 0.5) is 17.6 Å². The number of amides is 1. The van der Waals surface area contributed by atoms with Gasteiger partial charge < -0.3 is 10.4 Å². The topological polar surface area (TPSA) is 49.3 Å². The number of carbonyl (C=O) groups excluding carboxylic acids is 1. The Morgan fingerprint density at radius 1 is 1.43 bits per heavy atom. The van der Waals surface area contributed by atoms with Crippen molar-refractivity contribution in [2.75, 3.05) is 12.9 Å². The zero-order valence-corrected chi connectivity index (χ0v) is 12.2. The number of alkyl halides is 3. The van der Waals surface area contributed by atoms with Gasteiger partial charge in [-0.25, -0.2) is 4.39 Å². The first-order valence-corrected chi connectivity index (χ1v) is 7.30. The van der Waals surface area contributed by atoms with Crippen molar-refractivity contribution < 1.29 is 27.5 Å². The van der Waals surface area contributed by atoms with Gasteiger partial charge in [0.15, 0.2) is 0 Å². The average Bonchev–Trinajstić information content (AvgIpc) is 2.38. The van der Waals surface area contributed by atoms with E-state index in [1.54, 1.807) is 13.2 Å². The molecule has 2 N–H and O–H groups in total. The van der Waals surface area contributed by atoms with Gasteiger partial charge in [-0.1, -0.05) is 0 Å². The molecule has 1 aromatic rings. The molecule has 0 bridgehead atoms. The summed E-state index contributed by atoms with van der Waals surface area (Å²) in [4.78, 5) is 11.9. The number of carbonyl (C=O) groups is 1. The van der Waals surface area contributed by atoms with Gasteiger partial charge in [0.25, 0.3) is 5.91 Å². The summed E-state index contributed by atoms with van der Waals surface area (Å²) >= 11 is 1.28. The molecule has 0 radical (unpaired) electrons. The fourth-order valence-electron chi connectivity index (χ4n) is 1.76. The van der Waals surface area contributed by atoms with Crippen molar-refractivity contribution in [1.29, 1.82) is 0 Å². The summed E-state index contributed by atoms with van der Waals surface area (Å²) in [6, 6.07) is 1.35. The van der Waals surface area contributed by atoms with Crippen LogP contribution in [0, 0.1) is 5.82 Å². The fraction of sp³-hybridized carbons (Fsp3) is 0.462. The van der Waals surface area contributed by atoms with E-state index in [1.165, 1.54) is 11.8 Å². The zero-order valence-electron chi connectivity index (χ0n) is 11.4. The van der Waals surface area contributed by atoms with Gasteiger partial charge in [0, 0.05) is 11.3 Å². The van der Waals surface area contributed by atoms with E-state index in [1.807, 2.05) is 0 Å². The number of hydrogen-bond donors (Lipinski definition) is 2. The van der Waals surface area contributed by atoms with E-state index in [0.29, 0.717) is 0 Å². The second-order valence-electron chi connectivity index (χ2n) is 4.41. The molecule has 0 aliphatic carbocycles. The van der Waals surface area contributed by atoms with E-state index in [0.717, 1.165) is 12.1 Å². The highest BCUT2D eigenvalue weighted by Gasteiger charge is 2.36. The monoisotopic (exact) mass is 325 g/mol. The third-order valence-corrected chi connectivity index (χ3v) is 4.09. The molecule has 0 aromatic heterocycles. The largest absolute Gasteiger partial charge is 0.417 e. The maximum Gasteiger partial charge on any atom is 0.417 e. The second-order valence-corrected chi connectivity index (χ2v) is 5.48. The molecule has 21 heavy (non-hydrogen) atoms. The van der Waals surface area contributed by atoms with E-state index in [9.17, 15) is 22.4 Å². The van der Waals surface area contributed by atoms with E-state index in [2.05, 4.69) is 5.32 Å². The molecule has 1 aromatic carbocycles. The van der Waals surface area contributed by atoms with Gasteiger partial charge in [-0.2, -0.15) is 24.9 Å². The first kappa shape index (κ1) is 17.8. The van der Waals surface area contributed by atoms with Crippen molar-refractivity contribution in [1.82, 2.24) is 5.32 Å². The van der Waals surface area contributed by atoms with E-state index in [-0.39, 0.29) is 17.9 Å². The van der Waals surface area contributed by atoms with Crippen molar-refractivity contribution >= 4 is 17.7 Å². The van der Waals surface area contributed by atoms with Crippen LogP contribution < -0.4 is 5.32 Å². The highest BCUT2D eigenvalue weighted by Crippen LogP contribution is 2.32. The molecule has 1 rings (SSSR count). The average molecular weight is 325 g/mol. The number of nitrogens with one attached hydrogen (secondary N) is 1. The minimum Gasteiger partial charge on any atom is -0.395 e. The summed E-state index contributed by atoms with van der Waals surface area (Å²) in [6.07, 6.45) is -3.11. The molecule has 0 saturated heterocycles. The van der Waals surface area contributed by atoms with Gasteiger partial charge in [0.2, 0.25) is 0 Å². The number of benzene rings is 1. The van der Waals surface area contributed by atoms with Crippen LogP contribution in [0.5, 0.6) is 0 Å².